The largest absolute Gasteiger partial charge is 0.465 e. The Bertz CT molecular complexity index is 464. The van der Waals surface area contributed by atoms with Gasteiger partial charge in [-0.05, 0) is 14.1 Å². The first-order valence-electron chi connectivity index (χ1n) is 6.95. The smallest absolute Gasteiger partial charge is 0.404 e. The number of aromatic nitrogens is 2. The van der Waals surface area contributed by atoms with Gasteiger partial charge in [0.05, 0.1) is 0 Å². The lowest BCUT2D eigenvalue weighted by molar-refractivity contribution is 0.194. The van der Waals surface area contributed by atoms with Crippen molar-refractivity contribution in [2.24, 2.45) is 0 Å². The number of nitrogens with one attached hydrogen (secondary N) is 2. The lowest BCUT2D eigenvalue weighted by Gasteiger charge is -2.34. The van der Waals surface area contributed by atoms with Gasteiger partial charge in [-0.25, -0.2) is 14.8 Å². The first-order valence-corrected chi connectivity index (χ1v) is 6.95. The van der Waals surface area contributed by atoms with Crippen LogP contribution in [0.4, 0.5) is 10.7 Å². The van der Waals surface area contributed by atoms with E-state index in [1.54, 1.807) is 12.4 Å². The molecule has 1 saturated heterocycles. The van der Waals surface area contributed by atoms with E-state index in [4.69, 9.17) is 5.11 Å². The molecule has 0 aromatic carbocycles. The predicted octanol–water partition coefficient (Wildman–Crippen LogP) is -0.416. The van der Waals surface area contributed by atoms with E-state index >= 15 is 0 Å². The Morgan fingerprint density at radius 1 is 1.52 bits per heavy atom. The lowest BCUT2D eigenvalue weighted by atomic mass is 10.2. The Morgan fingerprint density at radius 3 is 2.86 bits per heavy atom. The fourth-order valence-electron chi connectivity index (χ4n) is 2.35. The number of rotatable bonds is 5. The fraction of sp³-hybridized carbons (Fsp3) is 0.615. The van der Waals surface area contributed by atoms with Crippen molar-refractivity contribution in [1.29, 1.82) is 0 Å². The summed E-state index contributed by atoms with van der Waals surface area (Å²) < 4.78 is 0. The van der Waals surface area contributed by atoms with Crippen LogP contribution in [0.15, 0.2) is 12.4 Å². The van der Waals surface area contributed by atoms with Gasteiger partial charge in [0.2, 0.25) is 5.95 Å². The molecule has 0 radical (unpaired) electrons. The minimum Gasteiger partial charge on any atom is -0.465 e. The molecule has 2 rings (SSSR count). The zero-order valence-corrected chi connectivity index (χ0v) is 12.4. The minimum atomic E-state index is -1.05. The number of amides is 1. The third-order valence-corrected chi connectivity index (χ3v) is 3.26. The molecule has 0 saturated carbocycles. The zero-order chi connectivity index (χ0) is 15.2. The number of likely N-dealkylation sites (N-methyl/N-ethyl adjacent to an activating group) is 1. The molecule has 1 aromatic heterocycles. The highest BCUT2D eigenvalue weighted by Crippen LogP contribution is 2.10. The van der Waals surface area contributed by atoms with Crippen LogP contribution in [0, 0.1) is 0 Å². The average Bonchev–Trinajstić information content (AvgIpc) is 2.45. The molecular formula is C13H22N6O2. The van der Waals surface area contributed by atoms with Crippen molar-refractivity contribution < 1.29 is 9.90 Å². The summed E-state index contributed by atoms with van der Waals surface area (Å²) in [5.41, 5.74) is 0.751. The quantitative estimate of drug-likeness (QED) is 0.679. The zero-order valence-electron chi connectivity index (χ0n) is 12.4. The number of piperazine rings is 1. The van der Waals surface area contributed by atoms with Gasteiger partial charge in [0.25, 0.3) is 0 Å². The fourth-order valence-corrected chi connectivity index (χ4v) is 2.35. The summed E-state index contributed by atoms with van der Waals surface area (Å²) in [6.45, 7) is 3.84. The van der Waals surface area contributed by atoms with E-state index in [0.29, 0.717) is 12.0 Å². The number of nitrogens with zero attached hydrogens (tertiary/aromatic N) is 4. The molecule has 21 heavy (non-hydrogen) atoms. The van der Waals surface area contributed by atoms with Crippen LogP contribution in [0.5, 0.6) is 0 Å². The molecule has 1 amide bonds. The third-order valence-electron chi connectivity index (χ3n) is 3.26. The summed E-state index contributed by atoms with van der Waals surface area (Å²) in [6, 6.07) is 0.394. The number of anilines is 1. The Morgan fingerprint density at radius 2 is 2.24 bits per heavy atom. The molecule has 3 N–H and O–H groups in total. The van der Waals surface area contributed by atoms with Gasteiger partial charge in [0.1, 0.15) is 0 Å². The molecule has 1 fully saturated rings. The number of hydrogen-bond donors (Lipinski definition) is 3. The molecule has 0 aliphatic carbocycles. The van der Waals surface area contributed by atoms with Crippen molar-refractivity contribution in [3.8, 4) is 0 Å². The maximum absolute atomic E-state index is 10.4. The van der Waals surface area contributed by atoms with Crippen LogP contribution >= 0.6 is 0 Å². The molecule has 0 spiro atoms. The van der Waals surface area contributed by atoms with E-state index < -0.39 is 6.09 Å². The molecular weight excluding hydrogens is 272 g/mol. The first-order chi connectivity index (χ1) is 10.0. The van der Waals surface area contributed by atoms with E-state index in [1.807, 2.05) is 0 Å². The normalized spacial score (nSPS) is 18.8. The van der Waals surface area contributed by atoms with Gasteiger partial charge in [0.15, 0.2) is 0 Å². The van der Waals surface area contributed by atoms with E-state index in [9.17, 15) is 4.79 Å². The van der Waals surface area contributed by atoms with Crippen LogP contribution in [0.2, 0.25) is 0 Å². The number of carboxylic acid groups (broad SMARTS) is 1. The second-order valence-electron chi connectivity index (χ2n) is 5.41. The highest BCUT2D eigenvalue weighted by atomic mass is 16.4. The summed E-state index contributed by atoms with van der Waals surface area (Å²) in [5.74, 6) is 0.694. The average molecular weight is 294 g/mol. The summed E-state index contributed by atoms with van der Waals surface area (Å²) >= 11 is 0. The molecule has 1 atom stereocenters. The Balaban J connectivity index is 1.93. The van der Waals surface area contributed by atoms with Gasteiger partial charge in [-0.15, -0.1) is 0 Å². The van der Waals surface area contributed by atoms with E-state index in [1.165, 1.54) is 0 Å². The van der Waals surface area contributed by atoms with E-state index in [0.717, 1.165) is 31.7 Å². The van der Waals surface area contributed by atoms with Crippen molar-refractivity contribution in [2.75, 3.05) is 45.2 Å². The van der Waals surface area contributed by atoms with Gasteiger partial charge >= 0.3 is 6.09 Å². The van der Waals surface area contributed by atoms with Crippen molar-refractivity contribution in [2.45, 2.75) is 12.6 Å². The summed E-state index contributed by atoms with van der Waals surface area (Å²) in [5, 5.41) is 14.3. The van der Waals surface area contributed by atoms with Crippen LogP contribution in [-0.4, -0.2) is 72.4 Å². The van der Waals surface area contributed by atoms with Crippen molar-refractivity contribution >= 4 is 12.0 Å². The topological polar surface area (TPSA) is 93.6 Å². The van der Waals surface area contributed by atoms with Crippen LogP contribution in [0.3, 0.4) is 0 Å². The molecule has 1 aliphatic rings. The first kappa shape index (κ1) is 15.5. The molecule has 8 heteroatoms. The Kier molecular flexibility index (Phi) is 5.29. The van der Waals surface area contributed by atoms with Gasteiger partial charge in [-0.1, -0.05) is 0 Å². The SMILES string of the molecule is CN(C)C[C@@H]1CN(c2ncc(CNC(=O)O)cn2)CCN1. The number of hydrogen-bond acceptors (Lipinski definition) is 6. The van der Waals surface area contributed by atoms with E-state index in [-0.39, 0.29) is 6.54 Å². The van der Waals surface area contributed by atoms with Gasteiger partial charge < -0.3 is 25.5 Å². The van der Waals surface area contributed by atoms with Gasteiger partial charge in [-0.3, -0.25) is 0 Å². The molecule has 0 bridgehead atoms. The Labute approximate surface area is 124 Å². The highest BCUT2D eigenvalue weighted by Gasteiger charge is 2.21. The Hall–Kier alpha value is -1.93. The van der Waals surface area contributed by atoms with Crippen molar-refractivity contribution in [3.63, 3.8) is 0 Å². The van der Waals surface area contributed by atoms with Crippen LogP contribution < -0.4 is 15.5 Å². The monoisotopic (exact) mass is 294 g/mol. The predicted molar refractivity (Wildman–Crippen MR) is 79.5 cm³/mol. The highest BCUT2D eigenvalue weighted by molar-refractivity contribution is 5.64. The summed E-state index contributed by atoms with van der Waals surface area (Å²) in [7, 11) is 4.11. The number of carbonyl (C=O) groups is 1. The minimum absolute atomic E-state index is 0.223. The second kappa shape index (κ2) is 7.19. The summed E-state index contributed by atoms with van der Waals surface area (Å²) in [4.78, 5) is 23.4. The third kappa shape index (κ3) is 4.83. The lowest BCUT2D eigenvalue weighted by Crippen LogP contribution is -2.54. The molecule has 116 valence electrons. The molecule has 0 unspecified atom stereocenters. The van der Waals surface area contributed by atoms with Crippen LogP contribution in [0.1, 0.15) is 5.56 Å². The van der Waals surface area contributed by atoms with E-state index in [2.05, 4.69) is 44.5 Å². The maximum Gasteiger partial charge on any atom is 0.404 e. The molecule has 1 aliphatic heterocycles. The van der Waals surface area contributed by atoms with Crippen molar-refractivity contribution in [1.82, 2.24) is 25.5 Å². The second-order valence-corrected chi connectivity index (χ2v) is 5.41. The summed E-state index contributed by atoms with van der Waals surface area (Å²) in [6.07, 6.45) is 2.29. The van der Waals surface area contributed by atoms with Crippen molar-refractivity contribution in [3.05, 3.63) is 18.0 Å². The van der Waals surface area contributed by atoms with Gasteiger partial charge in [0, 0.05) is 56.7 Å². The molecule has 8 nitrogen and oxygen atoms in total. The maximum atomic E-state index is 10.4. The van der Waals surface area contributed by atoms with Gasteiger partial charge in [-0.2, -0.15) is 0 Å². The molecule has 2 heterocycles. The standard InChI is InChI=1S/C13H22N6O2/c1-18(2)8-11-9-19(4-3-14-11)12-15-5-10(6-16-12)7-17-13(20)21/h5-6,11,14,17H,3-4,7-9H2,1-2H3,(H,20,21)/t11-/m1/s1. The van der Waals surface area contributed by atoms with Crippen LogP contribution in [0.25, 0.3) is 0 Å². The van der Waals surface area contributed by atoms with Crippen LogP contribution in [-0.2, 0) is 6.54 Å². The molecule has 1 aromatic rings.